The molecular formula is C12H19N5. The van der Waals surface area contributed by atoms with Gasteiger partial charge in [-0.25, -0.2) is 0 Å². The summed E-state index contributed by atoms with van der Waals surface area (Å²) in [6.45, 7) is 5.07. The van der Waals surface area contributed by atoms with E-state index in [1.807, 2.05) is 41.8 Å². The van der Waals surface area contributed by atoms with E-state index in [1.165, 1.54) is 0 Å². The first-order valence-electron chi connectivity index (χ1n) is 5.90. The minimum absolute atomic E-state index is 0.194. The van der Waals surface area contributed by atoms with Crippen LogP contribution < -0.4 is 5.73 Å². The third-order valence-electron chi connectivity index (χ3n) is 2.92. The Kier molecular flexibility index (Phi) is 3.28. The Morgan fingerprint density at radius 3 is 2.82 bits per heavy atom. The molecule has 2 aromatic rings. The van der Waals surface area contributed by atoms with Crippen LogP contribution in [-0.4, -0.2) is 19.6 Å². The van der Waals surface area contributed by atoms with Crippen LogP contribution in [0.4, 0.5) is 0 Å². The number of nitrogens with zero attached hydrogens (tertiary/aromatic N) is 4. The molecule has 1 unspecified atom stereocenters. The molecule has 0 radical (unpaired) electrons. The quantitative estimate of drug-likeness (QED) is 0.868. The van der Waals surface area contributed by atoms with Crippen molar-refractivity contribution in [2.24, 2.45) is 12.8 Å². The molecule has 0 bridgehead atoms. The fraction of sp³-hybridized carbons (Fsp3) is 0.500. The summed E-state index contributed by atoms with van der Waals surface area (Å²) in [6.07, 6.45) is 4.89. The highest BCUT2D eigenvalue weighted by atomic mass is 15.3. The van der Waals surface area contributed by atoms with Crippen LogP contribution in [0.5, 0.6) is 0 Å². The molecular weight excluding hydrogens is 214 g/mol. The van der Waals surface area contributed by atoms with Gasteiger partial charge in [-0.1, -0.05) is 6.92 Å². The molecule has 2 heterocycles. The molecule has 0 aliphatic heterocycles. The van der Waals surface area contributed by atoms with Gasteiger partial charge in [0.05, 0.1) is 17.9 Å². The van der Waals surface area contributed by atoms with Gasteiger partial charge in [0.2, 0.25) is 0 Å². The van der Waals surface area contributed by atoms with Gasteiger partial charge in [0.25, 0.3) is 0 Å². The number of nitrogens with two attached hydrogens (primary N) is 1. The lowest BCUT2D eigenvalue weighted by atomic mass is 10.1. The normalized spacial score (nSPS) is 12.9. The summed E-state index contributed by atoms with van der Waals surface area (Å²) in [5.74, 6) is 0. The van der Waals surface area contributed by atoms with Crippen molar-refractivity contribution in [3.05, 3.63) is 35.4 Å². The van der Waals surface area contributed by atoms with Gasteiger partial charge >= 0.3 is 0 Å². The van der Waals surface area contributed by atoms with Crippen LogP contribution in [0.1, 0.15) is 36.3 Å². The van der Waals surface area contributed by atoms with Crippen LogP contribution in [-0.2, 0) is 13.6 Å². The Hall–Kier alpha value is -1.62. The topological polar surface area (TPSA) is 61.7 Å². The maximum Gasteiger partial charge on any atom is 0.0841 e. The summed E-state index contributed by atoms with van der Waals surface area (Å²) in [5, 5.41) is 8.68. The van der Waals surface area contributed by atoms with Gasteiger partial charge in [0, 0.05) is 31.0 Å². The Bertz CT molecular complexity index is 477. The molecule has 5 nitrogen and oxygen atoms in total. The molecule has 5 heteroatoms. The first-order valence-corrected chi connectivity index (χ1v) is 5.90. The van der Waals surface area contributed by atoms with Crippen molar-refractivity contribution in [2.75, 3.05) is 0 Å². The molecule has 0 aromatic carbocycles. The van der Waals surface area contributed by atoms with E-state index in [2.05, 4.69) is 17.1 Å². The smallest absolute Gasteiger partial charge is 0.0841 e. The Balaban J connectivity index is 2.20. The highest BCUT2D eigenvalue weighted by Crippen LogP contribution is 2.18. The second-order valence-corrected chi connectivity index (χ2v) is 4.35. The number of hydrogen-bond acceptors (Lipinski definition) is 3. The highest BCUT2D eigenvalue weighted by molar-refractivity contribution is 5.24. The third-order valence-corrected chi connectivity index (χ3v) is 2.92. The second-order valence-electron chi connectivity index (χ2n) is 4.35. The van der Waals surface area contributed by atoms with Crippen LogP contribution in [0.2, 0.25) is 0 Å². The lowest BCUT2D eigenvalue weighted by molar-refractivity contribution is 0.601. The minimum atomic E-state index is -0.194. The van der Waals surface area contributed by atoms with Crippen molar-refractivity contribution < 1.29 is 0 Å². The van der Waals surface area contributed by atoms with Gasteiger partial charge in [0.15, 0.2) is 0 Å². The minimum Gasteiger partial charge on any atom is -0.319 e. The first-order chi connectivity index (χ1) is 8.11. The first kappa shape index (κ1) is 11.9. The standard InChI is InChI=1S/C12H19N5/c1-4-5-17-8-10(7-14-17)12(13)11-6-9(2)16(3)15-11/h6-8,12H,4-5,13H2,1-3H3. The molecule has 2 aromatic heterocycles. The van der Waals surface area contributed by atoms with Crippen molar-refractivity contribution in [1.82, 2.24) is 19.6 Å². The van der Waals surface area contributed by atoms with Crippen LogP contribution in [0.25, 0.3) is 0 Å². The average molecular weight is 233 g/mol. The largest absolute Gasteiger partial charge is 0.319 e. The molecule has 0 aliphatic rings. The number of rotatable bonds is 4. The molecule has 92 valence electrons. The SMILES string of the molecule is CCCn1cc(C(N)c2cc(C)n(C)n2)cn1. The van der Waals surface area contributed by atoms with Crippen LogP contribution >= 0.6 is 0 Å². The lowest BCUT2D eigenvalue weighted by Gasteiger charge is -2.04. The number of aromatic nitrogens is 4. The summed E-state index contributed by atoms with van der Waals surface area (Å²) in [5.41, 5.74) is 9.19. The predicted molar refractivity (Wildman–Crippen MR) is 66.5 cm³/mol. The zero-order chi connectivity index (χ0) is 12.4. The Labute approximate surface area is 101 Å². The summed E-state index contributed by atoms with van der Waals surface area (Å²) in [6, 6.07) is 1.82. The molecule has 0 amide bonds. The molecule has 0 spiro atoms. The summed E-state index contributed by atoms with van der Waals surface area (Å²) in [7, 11) is 1.92. The average Bonchev–Trinajstić information content (AvgIpc) is 2.87. The molecule has 2 N–H and O–H groups in total. The third kappa shape index (κ3) is 2.39. The van der Waals surface area contributed by atoms with Crippen molar-refractivity contribution in [2.45, 2.75) is 32.9 Å². The van der Waals surface area contributed by atoms with E-state index in [1.54, 1.807) is 0 Å². The zero-order valence-electron chi connectivity index (χ0n) is 10.6. The van der Waals surface area contributed by atoms with Gasteiger partial charge in [0.1, 0.15) is 0 Å². The predicted octanol–water partition coefficient (Wildman–Crippen LogP) is 1.38. The molecule has 17 heavy (non-hydrogen) atoms. The van der Waals surface area contributed by atoms with Crippen molar-refractivity contribution in [3.8, 4) is 0 Å². The second kappa shape index (κ2) is 4.71. The van der Waals surface area contributed by atoms with Gasteiger partial charge in [-0.15, -0.1) is 0 Å². The Morgan fingerprint density at radius 1 is 1.47 bits per heavy atom. The van der Waals surface area contributed by atoms with Crippen LogP contribution in [0.15, 0.2) is 18.5 Å². The van der Waals surface area contributed by atoms with Gasteiger partial charge in [-0.3, -0.25) is 9.36 Å². The zero-order valence-corrected chi connectivity index (χ0v) is 10.6. The Morgan fingerprint density at radius 2 is 2.24 bits per heavy atom. The molecule has 0 saturated carbocycles. The summed E-state index contributed by atoms with van der Waals surface area (Å²) in [4.78, 5) is 0. The molecule has 0 saturated heterocycles. The van der Waals surface area contributed by atoms with Crippen LogP contribution in [0, 0.1) is 6.92 Å². The van der Waals surface area contributed by atoms with Crippen molar-refractivity contribution in [1.29, 1.82) is 0 Å². The lowest BCUT2D eigenvalue weighted by Crippen LogP contribution is -2.12. The van der Waals surface area contributed by atoms with Gasteiger partial charge in [-0.2, -0.15) is 10.2 Å². The van der Waals surface area contributed by atoms with E-state index in [0.717, 1.165) is 29.9 Å². The number of aryl methyl sites for hydroxylation is 3. The van der Waals surface area contributed by atoms with Crippen molar-refractivity contribution in [3.63, 3.8) is 0 Å². The monoisotopic (exact) mass is 233 g/mol. The fourth-order valence-corrected chi connectivity index (χ4v) is 1.80. The van der Waals surface area contributed by atoms with Crippen LogP contribution in [0.3, 0.4) is 0 Å². The summed E-state index contributed by atoms with van der Waals surface area (Å²) < 4.78 is 3.76. The van der Waals surface area contributed by atoms with E-state index < -0.39 is 0 Å². The number of hydrogen-bond donors (Lipinski definition) is 1. The molecule has 2 rings (SSSR count). The van der Waals surface area contributed by atoms with E-state index in [0.29, 0.717) is 0 Å². The fourth-order valence-electron chi connectivity index (χ4n) is 1.80. The maximum atomic E-state index is 6.18. The molecule has 0 aliphatic carbocycles. The van der Waals surface area contributed by atoms with E-state index in [-0.39, 0.29) is 6.04 Å². The van der Waals surface area contributed by atoms with Gasteiger partial charge in [-0.05, 0) is 19.4 Å². The molecule has 1 atom stereocenters. The van der Waals surface area contributed by atoms with E-state index in [9.17, 15) is 0 Å². The maximum absolute atomic E-state index is 6.18. The molecule has 0 fully saturated rings. The summed E-state index contributed by atoms with van der Waals surface area (Å²) >= 11 is 0. The van der Waals surface area contributed by atoms with Crippen molar-refractivity contribution >= 4 is 0 Å². The van der Waals surface area contributed by atoms with E-state index >= 15 is 0 Å². The highest BCUT2D eigenvalue weighted by Gasteiger charge is 2.14. The van der Waals surface area contributed by atoms with E-state index in [4.69, 9.17) is 5.73 Å². The van der Waals surface area contributed by atoms with Gasteiger partial charge < -0.3 is 5.73 Å².